The Balaban J connectivity index is 2.37. The summed E-state index contributed by atoms with van der Waals surface area (Å²) in [6.45, 7) is 5.03. The van der Waals surface area contributed by atoms with Gasteiger partial charge in [-0.2, -0.15) is 11.3 Å². The van der Waals surface area contributed by atoms with Crippen molar-refractivity contribution in [1.29, 1.82) is 0 Å². The van der Waals surface area contributed by atoms with Gasteiger partial charge in [-0.25, -0.2) is 4.39 Å². The first kappa shape index (κ1) is 13.2. The largest absolute Gasteiger partial charge is 0.306 e. The first-order valence-electron chi connectivity index (χ1n) is 6.09. The van der Waals surface area contributed by atoms with Gasteiger partial charge in [0.1, 0.15) is 5.82 Å². The standard InChI is InChI=1S/C14H17FN2S/c1-3-5-17-14(12-9-18-8-10(12)2)11-4-6-16-7-13(11)15/h4,6-9,14,17H,3,5H2,1-2H3. The van der Waals surface area contributed by atoms with Crippen LogP contribution in [0.5, 0.6) is 0 Å². The van der Waals surface area contributed by atoms with Crippen LogP contribution < -0.4 is 5.32 Å². The van der Waals surface area contributed by atoms with E-state index < -0.39 is 0 Å². The highest BCUT2D eigenvalue weighted by Crippen LogP contribution is 2.28. The maximum absolute atomic E-state index is 13.9. The molecular formula is C14H17FN2S. The molecule has 1 unspecified atom stereocenters. The summed E-state index contributed by atoms with van der Waals surface area (Å²) in [7, 11) is 0. The fourth-order valence-corrected chi connectivity index (χ4v) is 2.84. The molecular weight excluding hydrogens is 247 g/mol. The fraction of sp³-hybridized carbons (Fsp3) is 0.357. The molecule has 0 saturated carbocycles. The Morgan fingerprint density at radius 3 is 2.83 bits per heavy atom. The van der Waals surface area contributed by atoms with Crippen molar-refractivity contribution < 1.29 is 4.39 Å². The van der Waals surface area contributed by atoms with E-state index in [1.54, 1.807) is 23.6 Å². The summed E-state index contributed by atoms with van der Waals surface area (Å²) in [5.74, 6) is -0.253. The minimum absolute atomic E-state index is 0.0841. The van der Waals surface area contributed by atoms with Crippen LogP contribution in [-0.2, 0) is 0 Å². The molecule has 1 atom stereocenters. The predicted octanol–water partition coefficient (Wildman–Crippen LogP) is 3.68. The Labute approximate surface area is 111 Å². The quantitative estimate of drug-likeness (QED) is 0.891. The third-order valence-electron chi connectivity index (χ3n) is 2.92. The zero-order valence-corrected chi connectivity index (χ0v) is 11.4. The molecule has 0 aliphatic heterocycles. The van der Waals surface area contributed by atoms with Gasteiger partial charge in [-0.1, -0.05) is 6.92 Å². The van der Waals surface area contributed by atoms with Crippen molar-refractivity contribution in [1.82, 2.24) is 10.3 Å². The van der Waals surface area contributed by atoms with E-state index in [0.29, 0.717) is 5.56 Å². The Bertz CT molecular complexity index is 510. The minimum Gasteiger partial charge on any atom is -0.306 e. The normalized spacial score (nSPS) is 12.6. The van der Waals surface area contributed by atoms with Crippen molar-refractivity contribution in [3.05, 3.63) is 51.7 Å². The van der Waals surface area contributed by atoms with E-state index in [9.17, 15) is 4.39 Å². The zero-order chi connectivity index (χ0) is 13.0. The maximum Gasteiger partial charge on any atom is 0.146 e. The molecule has 0 bridgehead atoms. The molecule has 2 aromatic rings. The third kappa shape index (κ3) is 2.76. The Hall–Kier alpha value is -1.26. The second-order valence-corrected chi connectivity index (χ2v) is 5.04. The number of aromatic nitrogens is 1. The fourth-order valence-electron chi connectivity index (χ4n) is 1.96. The lowest BCUT2D eigenvalue weighted by Gasteiger charge is -2.19. The van der Waals surface area contributed by atoms with Gasteiger partial charge in [-0.3, -0.25) is 4.98 Å². The summed E-state index contributed by atoms with van der Waals surface area (Å²) in [4.78, 5) is 3.81. The highest BCUT2D eigenvalue weighted by molar-refractivity contribution is 7.08. The van der Waals surface area contributed by atoms with Gasteiger partial charge in [0, 0.05) is 11.8 Å². The van der Waals surface area contributed by atoms with Crippen molar-refractivity contribution in [3.63, 3.8) is 0 Å². The van der Waals surface area contributed by atoms with Crippen molar-refractivity contribution in [2.75, 3.05) is 6.54 Å². The lowest BCUT2D eigenvalue weighted by Crippen LogP contribution is -2.24. The number of aryl methyl sites for hydroxylation is 1. The molecule has 4 heteroatoms. The molecule has 0 radical (unpaired) electrons. The van der Waals surface area contributed by atoms with Crippen molar-refractivity contribution in [2.24, 2.45) is 0 Å². The number of pyridine rings is 1. The number of halogens is 1. The second-order valence-electron chi connectivity index (χ2n) is 4.29. The molecule has 1 N–H and O–H groups in total. The molecule has 18 heavy (non-hydrogen) atoms. The number of hydrogen-bond acceptors (Lipinski definition) is 3. The third-order valence-corrected chi connectivity index (χ3v) is 3.80. The predicted molar refractivity (Wildman–Crippen MR) is 73.4 cm³/mol. The average molecular weight is 264 g/mol. The van der Waals surface area contributed by atoms with Crippen LogP contribution in [0.4, 0.5) is 4.39 Å². The molecule has 2 aromatic heterocycles. The highest BCUT2D eigenvalue weighted by Gasteiger charge is 2.19. The summed E-state index contributed by atoms with van der Waals surface area (Å²) >= 11 is 1.65. The van der Waals surface area contributed by atoms with Gasteiger partial charge in [0.15, 0.2) is 0 Å². The number of thiophene rings is 1. The lowest BCUT2D eigenvalue weighted by atomic mass is 9.99. The van der Waals surface area contributed by atoms with E-state index in [4.69, 9.17) is 0 Å². The van der Waals surface area contributed by atoms with E-state index >= 15 is 0 Å². The zero-order valence-electron chi connectivity index (χ0n) is 10.6. The molecule has 2 rings (SSSR count). The Kier molecular flexibility index (Phi) is 4.44. The van der Waals surface area contributed by atoms with Gasteiger partial charge in [0.2, 0.25) is 0 Å². The number of rotatable bonds is 5. The molecule has 0 saturated heterocycles. The van der Waals surface area contributed by atoms with Crippen LogP contribution in [0.1, 0.15) is 36.1 Å². The summed E-state index contributed by atoms with van der Waals surface area (Å²) in [5.41, 5.74) is 3.02. The monoisotopic (exact) mass is 264 g/mol. The van der Waals surface area contributed by atoms with E-state index in [0.717, 1.165) is 18.5 Å². The first-order chi connectivity index (χ1) is 8.74. The van der Waals surface area contributed by atoms with Crippen molar-refractivity contribution in [2.45, 2.75) is 26.3 Å². The summed E-state index contributed by atoms with van der Waals surface area (Å²) in [6.07, 6.45) is 3.94. The van der Waals surface area contributed by atoms with Crippen LogP contribution in [0.25, 0.3) is 0 Å². The molecule has 2 heterocycles. The molecule has 0 aliphatic rings. The first-order valence-corrected chi connectivity index (χ1v) is 7.03. The maximum atomic E-state index is 13.9. The Morgan fingerprint density at radius 1 is 1.39 bits per heavy atom. The van der Waals surface area contributed by atoms with Gasteiger partial charge in [-0.05, 0) is 47.8 Å². The molecule has 0 aliphatic carbocycles. The summed E-state index contributed by atoms with van der Waals surface area (Å²) in [5, 5.41) is 7.59. The molecule has 0 aromatic carbocycles. The summed E-state index contributed by atoms with van der Waals surface area (Å²) < 4.78 is 13.9. The molecule has 0 amide bonds. The number of nitrogens with zero attached hydrogens (tertiary/aromatic N) is 1. The Morgan fingerprint density at radius 2 is 2.22 bits per heavy atom. The van der Waals surface area contributed by atoms with Crippen LogP contribution in [0.2, 0.25) is 0 Å². The van der Waals surface area contributed by atoms with Gasteiger partial charge in [0.25, 0.3) is 0 Å². The number of nitrogens with one attached hydrogen (secondary N) is 1. The van der Waals surface area contributed by atoms with Crippen molar-refractivity contribution >= 4 is 11.3 Å². The molecule has 96 valence electrons. The average Bonchev–Trinajstić information content (AvgIpc) is 2.78. The van der Waals surface area contributed by atoms with Gasteiger partial charge in [0.05, 0.1) is 12.2 Å². The number of hydrogen-bond donors (Lipinski definition) is 1. The van der Waals surface area contributed by atoms with E-state index in [1.165, 1.54) is 11.8 Å². The van der Waals surface area contributed by atoms with Crippen LogP contribution in [0, 0.1) is 12.7 Å². The van der Waals surface area contributed by atoms with Gasteiger partial charge in [-0.15, -0.1) is 0 Å². The van der Waals surface area contributed by atoms with Crippen LogP contribution in [0.15, 0.2) is 29.2 Å². The van der Waals surface area contributed by atoms with Crippen LogP contribution in [0.3, 0.4) is 0 Å². The summed E-state index contributed by atoms with van der Waals surface area (Å²) in [6, 6.07) is 1.67. The van der Waals surface area contributed by atoms with Gasteiger partial charge < -0.3 is 5.32 Å². The van der Waals surface area contributed by atoms with E-state index in [-0.39, 0.29) is 11.9 Å². The second kappa shape index (κ2) is 6.07. The molecule has 0 fully saturated rings. The van der Waals surface area contributed by atoms with E-state index in [1.807, 2.05) is 0 Å². The SMILES string of the molecule is CCCNC(c1cscc1C)c1ccncc1F. The minimum atomic E-state index is -0.253. The van der Waals surface area contributed by atoms with Gasteiger partial charge >= 0.3 is 0 Å². The van der Waals surface area contributed by atoms with E-state index in [2.05, 4.69) is 34.9 Å². The highest BCUT2D eigenvalue weighted by atomic mass is 32.1. The topological polar surface area (TPSA) is 24.9 Å². The van der Waals surface area contributed by atoms with Crippen LogP contribution in [-0.4, -0.2) is 11.5 Å². The smallest absolute Gasteiger partial charge is 0.146 e. The molecule has 2 nitrogen and oxygen atoms in total. The molecule has 0 spiro atoms. The van der Waals surface area contributed by atoms with Crippen molar-refractivity contribution in [3.8, 4) is 0 Å². The lowest BCUT2D eigenvalue weighted by molar-refractivity contribution is 0.543. The van der Waals surface area contributed by atoms with Crippen LogP contribution >= 0.6 is 11.3 Å².